The Labute approximate surface area is 96.2 Å². The van der Waals surface area contributed by atoms with Gasteiger partial charge in [0.15, 0.2) is 0 Å². The first kappa shape index (κ1) is 11.0. The second-order valence-electron chi connectivity index (χ2n) is 4.24. The molecule has 0 fully saturated rings. The Morgan fingerprint density at radius 2 is 2.06 bits per heavy atom. The minimum Gasteiger partial charge on any atom is -0.497 e. The summed E-state index contributed by atoms with van der Waals surface area (Å²) >= 11 is 0. The zero-order valence-electron chi connectivity index (χ0n) is 10.1. The molecule has 0 aliphatic carbocycles. The van der Waals surface area contributed by atoms with Gasteiger partial charge in [0, 0.05) is 30.2 Å². The van der Waals surface area contributed by atoms with Crippen molar-refractivity contribution >= 4 is 10.9 Å². The lowest BCUT2D eigenvalue weighted by atomic mass is 10.2. The third kappa shape index (κ3) is 2.19. The second-order valence-corrected chi connectivity index (χ2v) is 4.24. The fraction of sp³-hybridized carbons (Fsp3) is 0.385. The van der Waals surface area contributed by atoms with E-state index in [1.54, 1.807) is 7.11 Å². The fourth-order valence-corrected chi connectivity index (χ4v) is 1.81. The van der Waals surface area contributed by atoms with Crippen LogP contribution in [-0.2, 0) is 6.54 Å². The number of ether oxygens (including phenoxy) is 1. The van der Waals surface area contributed by atoms with E-state index in [0.29, 0.717) is 0 Å². The molecule has 3 nitrogen and oxygen atoms in total. The van der Waals surface area contributed by atoms with E-state index in [0.717, 1.165) is 18.8 Å². The Balaban J connectivity index is 2.27. The zero-order chi connectivity index (χ0) is 11.5. The second kappa shape index (κ2) is 4.58. The lowest BCUT2D eigenvalue weighted by Crippen LogP contribution is -2.17. The van der Waals surface area contributed by atoms with Gasteiger partial charge in [0.25, 0.3) is 0 Å². The number of methoxy groups -OCH3 is 1. The number of hydrogen-bond acceptors (Lipinski definition) is 2. The summed E-state index contributed by atoms with van der Waals surface area (Å²) < 4.78 is 7.48. The molecule has 0 atom stereocenters. The standard InChI is InChI=1S/C13H18N2O/c1-14(2)8-9-15-7-6-11-10-12(16-3)4-5-13(11)15/h4-7,10H,8-9H2,1-3H3. The van der Waals surface area contributed by atoms with Crippen LogP contribution in [0.15, 0.2) is 30.5 Å². The molecule has 0 aliphatic rings. The Hall–Kier alpha value is -1.48. The molecule has 0 spiro atoms. The van der Waals surface area contributed by atoms with E-state index in [1.165, 1.54) is 10.9 Å². The minimum atomic E-state index is 0.915. The molecule has 1 aromatic heterocycles. The van der Waals surface area contributed by atoms with Gasteiger partial charge in [-0.3, -0.25) is 0 Å². The van der Waals surface area contributed by atoms with Crippen LogP contribution in [0.3, 0.4) is 0 Å². The molecule has 86 valence electrons. The Bertz CT molecular complexity index is 474. The van der Waals surface area contributed by atoms with Gasteiger partial charge < -0.3 is 14.2 Å². The summed E-state index contributed by atoms with van der Waals surface area (Å²) in [6.45, 7) is 2.07. The van der Waals surface area contributed by atoms with Crippen LogP contribution in [0.25, 0.3) is 10.9 Å². The predicted molar refractivity (Wildman–Crippen MR) is 67.0 cm³/mol. The van der Waals surface area contributed by atoms with Crippen LogP contribution < -0.4 is 4.74 Å². The Kier molecular flexibility index (Phi) is 3.15. The summed E-state index contributed by atoms with van der Waals surface area (Å²) in [6.07, 6.45) is 2.13. The maximum atomic E-state index is 5.21. The zero-order valence-corrected chi connectivity index (χ0v) is 10.1. The van der Waals surface area contributed by atoms with Crippen LogP contribution in [0, 0.1) is 0 Å². The van der Waals surface area contributed by atoms with Crippen molar-refractivity contribution in [2.75, 3.05) is 27.7 Å². The average molecular weight is 218 g/mol. The predicted octanol–water partition coefficient (Wildman–Crippen LogP) is 2.21. The van der Waals surface area contributed by atoms with Gasteiger partial charge in [-0.1, -0.05) is 0 Å². The molecule has 16 heavy (non-hydrogen) atoms. The molecule has 2 rings (SSSR count). The number of hydrogen-bond donors (Lipinski definition) is 0. The van der Waals surface area contributed by atoms with Gasteiger partial charge in [0.05, 0.1) is 7.11 Å². The number of rotatable bonds is 4. The van der Waals surface area contributed by atoms with Crippen molar-refractivity contribution in [3.05, 3.63) is 30.5 Å². The smallest absolute Gasteiger partial charge is 0.119 e. The van der Waals surface area contributed by atoms with Crippen LogP contribution in [0.5, 0.6) is 5.75 Å². The summed E-state index contributed by atoms with van der Waals surface area (Å²) in [5.41, 5.74) is 1.27. The maximum absolute atomic E-state index is 5.21. The van der Waals surface area contributed by atoms with Crippen molar-refractivity contribution in [1.82, 2.24) is 9.47 Å². The molecule has 0 radical (unpaired) electrons. The van der Waals surface area contributed by atoms with E-state index in [-0.39, 0.29) is 0 Å². The Morgan fingerprint density at radius 1 is 1.25 bits per heavy atom. The summed E-state index contributed by atoms with van der Waals surface area (Å²) in [6, 6.07) is 8.33. The van der Waals surface area contributed by atoms with Crippen LogP contribution in [0.1, 0.15) is 0 Å². The van der Waals surface area contributed by atoms with Crippen molar-refractivity contribution in [3.8, 4) is 5.75 Å². The summed E-state index contributed by atoms with van der Waals surface area (Å²) in [5.74, 6) is 0.915. The summed E-state index contributed by atoms with van der Waals surface area (Å²) in [5, 5.41) is 1.23. The van der Waals surface area contributed by atoms with Crippen molar-refractivity contribution in [2.24, 2.45) is 0 Å². The molecule has 0 saturated carbocycles. The van der Waals surface area contributed by atoms with E-state index in [9.17, 15) is 0 Å². The monoisotopic (exact) mass is 218 g/mol. The van der Waals surface area contributed by atoms with E-state index in [2.05, 4.69) is 48.0 Å². The highest BCUT2D eigenvalue weighted by atomic mass is 16.5. The third-order valence-electron chi connectivity index (χ3n) is 2.77. The number of likely N-dealkylation sites (N-methyl/N-ethyl adjacent to an activating group) is 1. The maximum Gasteiger partial charge on any atom is 0.119 e. The minimum absolute atomic E-state index is 0.915. The van der Waals surface area contributed by atoms with Crippen LogP contribution >= 0.6 is 0 Å². The van der Waals surface area contributed by atoms with E-state index < -0.39 is 0 Å². The number of benzene rings is 1. The van der Waals surface area contributed by atoms with Crippen LogP contribution in [0.4, 0.5) is 0 Å². The van der Waals surface area contributed by atoms with E-state index in [4.69, 9.17) is 4.74 Å². The molecule has 0 saturated heterocycles. The number of aromatic nitrogens is 1. The normalized spacial score (nSPS) is 11.2. The topological polar surface area (TPSA) is 17.4 Å². The summed E-state index contributed by atoms with van der Waals surface area (Å²) in [4.78, 5) is 2.19. The molecule has 0 unspecified atom stereocenters. The molecule has 0 N–H and O–H groups in total. The third-order valence-corrected chi connectivity index (χ3v) is 2.77. The van der Waals surface area contributed by atoms with Gasteiger partial charge in [0.1, 0.15) is 5.75 Å². The molecule has 0 amide bonds. The molecular weight excluding hydrogens is 200 g/mol. The highest BCUT2D eigenvalue weighted by molar-refractivity contribution is 5.81. The van der Waals surface area contributed by atoms with Gasteiger partial charge in [-0.05, 0) is 38.4 Å². The molecule has 2 aromatic rings. The highest BCUT2D eigenvalue weighted by Crippen LogP contribution is 2.21. The molecule has 0 bridgehead atoms. The fourth-order valence-electron chi connectivity index (χ4n) is 1.81. The first-order valence-electron chi connectivity index (χ1n) is 5.48. The SMILES string of the molecule is COc1ccc2c(ccn2CCN(C)C)c1. The first-order valence-corrected chi connectivity index (χ1v) is 5.48. The van der Waals surface area contributed by atoms with Gasteiger partial charge >= 0.3 is 0 Å². The average Bonchev–Trinajstić information content (AvgIpc) is 2.68. The first-order chi connectivity index (χ1) is 7.70. The summed E-state index contributed by atoms with van der Waals surface area (Å²) in [7, 11) is 5.88. The van der Waals surface area contributed by atoms with Gasteiger partial charge in [0.2, 0.25) is 0 Å². The van der Waals surface area contributed by atoms with Gasteiger partial charge in [-0.25, -0.2) is 0 Å². The highest BCUT2D eigenvalue weighted by Gasteiger charge is 2.02. The molecule has 1 aromatic carbocycles. The molecule has 1 heterocycles. The van der Waals surface area contributed by atoms with Crippen molar-refractivity contribution in [1.29, 1.82) is 0 Å². The largest absolute Gasteiger partial charge is 0.497 e. The van der Waals surface area contributed by atoms with Crippen molar-refractivity contribution < 1.29 is 4.74 Å². The molecule has 3 heteroatoms. The van der Waals surface area contributed by atoms with Crippen molar-refractivity contribution in [3.63, 3.8) is 0 Å². The quantitative estimate of drug-likeness (QED) is 0.783. The molecule has 0 aliphatic heterocycles. The van der Waals surface area contributed by atoms with E-state index in [1.807, 2.05) is 6.07 Å². The van der Waals surface area contributed by atoms with Crippen LogP contribution in [-0.4, -0.2) is 37.2 Å². The lowest BCUT2D eigenvalue weighted by Gasteiger charge is -2.11. The van der Waals surface area contributed by atoms with E-state index >= 15 is 0 Å². The van der Waals surface area contributed by atoms with Gasteiger partial charge in [-0.2, -0.15) is 0 Å². The molecular formula is C13H18N2O. The lowest BCUT2D eigenvalue weighted by molar-refractivity contribution is 0.387. The van der Waals surface area contributed by atoms with Crippen molar-refractivity contribution in [2.45, 2.75) is 6.54 Å². The van der Waals surface area contributed by atoms with Gasteiger partial charge in [-0.15, -0.1) is 0 Å². The Morgan fingerprint density at radius 3 is 2.75 bits per heavy atom. The number of nitrogens with zero attached hydrogens (tertiary/aromatic N) is 2. The van der Waals surface area contributed by atoms with Crippen LogP contribution in [0.2, 0.25) is 0 Å². The number of fused-ring (bicyclic) bond motifs is 1.